The number of para-hydroxylation sites is 2. The minimum absolute atomic E-state index is 0.261. The Hall–Kier alpha value is -3.19. The van der Waals surface area contributed by atoms with Crippen LogP contribution in [0.15, 0.2) is 42.5 Å². The van der Waals surface area contributed by atoms with Crippen molar-refractivity contribution in [3.63, 3.8) is 0 Å². The second kappa shape index (κ2) is 6.85. The lowest BCUT2D eigenvalue weighted by molar-refractivity contribution is 0.0693. The molecule has 0 saturated carbocycles. The molecule has 0 atom stereocenters. The Labute approximate surface area is 156 Å². The van der Waals surface area contributed by atoms with Gasteiger partial charge in [-0.2, -0.15) is 0 Å². The van der Waals surface area contributed by atoms with Crippen LogP contribution >= 0.6 is 0 Å². The zero-order valence-corrected chi connectivity index (χ0v) is 14.9. The highest BCUT2D eigenvalue weighted by Crippen LogP contribution is 2.28. The summed E-state index contributed by atoms with van der Waals surface area (Å²) in [5.41, 5.74) is 2.55. The third-order valence-electron chi connectivity index (χ3n) is 4.86. The third kappa shape index (κ3) is 3.06. The molecule has 7 nitrogen and oxygen atoms in total. The van der Waals surface area contributed by atoms with E-state index in [9.17, 15) is 14.4 Å². The van der Waals surface area contributed by atoms with Crippen molar-refractivity contribution in [2.75, 3.05) is 43.6 Å². The van der Waals surface area contributed by atoms with Crippen molar-refractivity contribution in [3.8, 4) is 0 Å². The summed E-state index contributed by atoms with van der Waals surface area (Å²) in [6, 6.07) is 12.2. The fourth-order valence-corrected chi connectivity index (χ4v) is 3.36. The number of carbonyl (C=O) groups excluding carboxylic acids is 3. The van der Waals surface area contributed by atoms with Crippen LogP contribution in [0.2, 0.25) is 0 Å². The van der Waals surface area contributed by atoms with Crippen molar-refractivity contribution in [1.82, 2.24) is 4.90 Å². The third-order valence-corrected chi connectivity index (χ3v) is 4.86. The molecule has 1 N–H and O–H groups in total. The van der Waals surface area contributed by atoms with Gasteiger partial charge < -0.3 is 15.0 Å². The molecule has 0 spiro atoms. The van der Waals surface area contributed by atoms with Gasteiger partial charge in [0, 0.05) is 25.7 Å². The van der Waals surface area contributed by atoms with E-state index in [2.05, 4.69) is 10.2 Å². The number of fused-ring (bicyclic) bond motifs is 1. The summed E-state index contributed by atoms with van der Waals surface area (Å²) in [5.74, 6) is -1.06. The molecule has 1 fully saturated rings. The molecular formula is C20H19N3O4. The number of nitrogens with zero attached hydrogens (tertiary/aromatic N) is 2. The number of amides is 3. The van der Waals surface area contributed by atoms with E-state index < -0.39 is 5.91 Å². The lowest BCUT2D eigenvalue weighted by Gasteiger charge is -2.30. The smallest absolute Gasteiger partial charge is 0.261 e. The molecule has 0 bridgehead atoms. The second-order valence-corrected chi connectivity index (χ2v) is 6.50. The number of carbonyl (C=O) groups is 3. The Balaban J connectivity index is 1.59. The topological polar surface area (TPSA) is 79.0 Å². The number of benzene rings is 2. The Bertz CT molecular complexity index is 935. The van der Waals surface area contributed by atoms with E-state index in [1.807, 2.05) is 24.3 Å². The van der Waals surface area contributed by atoms with Crippen LogP contribution in [0.4, 0.5) is 11.4 Å². The molecule has 138 valence electrons. The second-order valence-electron chi connectivity index (χ2n) is 6.50. The van der Waals surface area contributed by atoms with Gasteiger partial charge >= 0.3 is 0 Å². The van der Waals surface area contributed by atoms with Crippen molar-refractivity contribution >= 4 is 29.1 Å². The molecule has 7 heteroatoms. The number of imide groups is 1. The molecule has 1 saturated heterocycles. The van der Waals surface area contributed by atoms with E-state index in [0.29, 0.717) is 30.0 Å². The van der Waals surface area contributed by atoms with Crippen molar-refractivity contribution < 1.29 is 19.1 Å². The molecule has 2 aromatic rings. The molecule has 27 heavy (non-hydrogen) atoms. The molecule has 3 amide bonds. The van der Waals surface area contributed by atoms with Crippen LogP contribution in [0.25, 0.3) is 0 Å². The zero-order chi connectivity index (χ0) is 19.0. The van der Waals surface area contributed by atoms with Crippen molar-refractivity contribution in [1.29, 1.82) is 0 Å². The number of anilines is 2. The van der Waals surface area contributed by atoms with Gasteiger partial charge in [-0.1, -0.05) is 12.1 Å². The monoisotopic (exact) mass is 365 g/mol. The molecular weight excluding hydrogens is 346 g/mol. The van der Waals surface area contributed by atoms with Gasteiger partial charge in [-0.05, 0) is 30.3 Å². The summed E-state index contributed by atoms with van der Waals surface area (Å²) in [4.78, 5) is 40.1. The van der Waals surface area contributed by atoms with Crippen LogP contribution < -0.4 is 10.2 Å². The maximum atomic E-state index is 12.8. The van der Waals surface area contributed by atoms with Gasteiger partial charge in [-0.25, -0.2) is 0 Å². The van der Waals surface area contributed by atoms with Crippen LogP contribution in [0.3, 0.4) is 0 Å². The van der Waals surface area contributed by atoms with E-state index in [1.165, 1.54) is 19.2 Å². The van der Waals surface area contributed by atoms with E-state index in [0.717, 1.165) is 23.7 Å². The van der Waals surface area contributed by atoms with Gasteiger partial charge in [0.25, 0.3) is 17.7 Å². The van der Waals surface area contributed by atoms with Crippen LogP contribution in [0, 0.1) is 0 Å². The summed E-state index contributed by atoms with van der Waals surface area (Å²) >= 11 is 0. The van der Waals surface area contributed by atoms with Gasteiger partial charge in [0.15, 0.2) is 0 Å². The quantitative estimate of drug-likeness (QED) is 0.842. The van der Waals surface area contributed by atoms with Crippen molar-refractivity contribution in [3.05, 3.63) is 59.2 Å². The molecule has 2 aromatic carbocycles. The van der Waals surface area contributed by atoms with Gasteiger partial charge in [0.2, 0.25) is 0 Å². The molecule has 0 radical (unpaired) electrons. The normalized spacial score (nSPS) is 16.5. The lowest BCUT2D eigenvalue weighted by atomic mass is 10.1. The number of nitrogens with one attached hydrogen (secondary N) is 1. The molecule has 0 unspecified atom stereocenters. The Kier molecular flexibility index (Phi) is 4.37. The Morgan fingerprint density at radius 3 is 2.48 bits per heavy atom. The molecule has 2 aliphatic heterocycles. The summed E-state index contributed by atoms with van der Waals surface area (Å²) in [7, 11) is 1.43. The Morgan fingerprint density at radius 2 is 1.70 bits per heavy atom. The average molecular weight is 365 g/mol. The highest BCUT2D eigenvalue weighted by molar-refractivity contribution is 6.22. The summed E-state index contributed by atoms with van der Waals surface area (Å²) in [6.07, 6.45) is 0. The maximum Gasteiger partial charge on any atom is 0.261 e. The van der Waals surface area contributed by atoms with Crippen LogP contribution in [0.1, 0.15) is 31.1 Å². The van der Waals surface area contributed by atoms with E-state index >= 15 is 0 Å². The number of morpholine rings is 1. The van der Waals surface area contributed by atoms with E-state index in [-0.39, 0.29) is 17.4 Å². The lowest BCUT2D eigenvalue weighted by Crippen LogP contribution is -2.36. The van der Waals surface area contributed by atoms with Crippen molar-refractivity contribution in [2.24, 2.45) is 0 Å². The predicted molar refractivity (Wildman–Crippen MR) is 100 cm³/mol. The van der Waals surface area contributed by atoms with Gasteiger partial charge in [0.05, 0.1) is 35.7 Å². The maximum absolute atomic E-state index is 12.8. The summed E-state index contributed by atoms with van der Waals surface area (Å²) < 4.78 is 5.39. The first-order valence-corrected chi connectivity index (χ1v) is 8.76. The van der Waals surface area contributed by atoms with Gasteiger partial charge in [-0.15, -0.1) is 0 Å². The van der Waals surface area contributed by atoms with E-state index in [4.69, 9.17) is 4.74 Å². The number of hydrogen-bond acceptors (Lipinski definition) is 5. The first-order chi connectivity index (χ1) is 13.1. The zero-order valence-electron chi connectivity index (χ0n) is 14.9. The fraction of sp³-hybridized carbons (Fsp3) is 0.250. The Morgan fingerprint density at radius 1 is 1.00 bits per heavy atom. The number of rotatable bonds is 3. The summed E-state index contributed by atoms with van der Waals surface area (Å²) in [6.45, 7) is 2.82. The summed E-state index contributed by atoms with van der Waals surface area (Å²) in [5, 5.41) is 2.92. The molecule has 0 aromatic heterocycles. The fourth-order valence-electron chi connectivity index (χ4n) is 3.36. The van der Waals surface area contributed by atoms with Crippen LogP contribution in [0.5, 0.6) is 0 Å². The number of ether oxygens (including phenoxy) is 1. The minimum atomic E-state index is -0.390. The highest BCUT2D eigenvalue weighted by Gasteiger charge is 2.33. The standard InChI is InChI=1S/C20H19N3O4/c1-22-19(25)14-7-6-13(12-15(14)20(22)26)18(24)21-16-4-2-3-5-17(16)23-8-10-27-11-9-23/h2-7,12H,8-11H2,1H3,(H,21,24). The molecule has 2 aliphatic rings. The number of hydrogen-bond donors (Lipinski definition) is 1. The van der Waals surface area contributed by atoms with Crippen LogP contribution in [-0.4, -0.2) is 56.0 Å². The SMILES string of the molecule is CN1C(=O)c2ccc(C(=O)Nc3ccccc3N3CCOCC3)cc2C1=O. The molecule has 0 aliphatic carbocycles. The first kappa shape index (κ1) is 17.2. The largest absolute Gasteiger partial charge is 0.378 e. The molecule has 4 rings (SSSR count). The predicted octanol–water partition coefficient (Wildman–Crippen LogP) is 2.00. The van der Waals surface area contributed by atoms with Gasteiger partial charge in [-0.3, -0.25) is 19.3 Å². The minimum Gasteiger partial charge on any atom is -0.378 e. The van der Waals surface area contributed by atoms with Gasteiger partial charge in [0.1, 0.15) is 0 Å². The highest BCUT2D eigenvalue weighted by atomic mass is 16.5. The van der Waals surface area contributed by atoms with Crippen molar-refractivity contribution in [2.45, 2.75) is 0 Å². The average Bonchev–Trinajstić information content (AvgIpc) is 2.93. The van der Waals surface area contributed by atoms with E-state index in [1.54, 1.807) is 6.07 Å². The first-order valence-electron chi connectivity index (χ1n) is 8.76. The van der Waals surface area contributed by atoms with Crippen LogP contribution in [-0.2, 0) is 4.74 Å². The molecule has 2 heterocycles.